The minimum Gasteiger partial charge on any atom is -0.455 e. The molecule has 0 aliphatic heterocycles. The lowest BCUT2D eigenvalue weighted by Gasteiger charge is -2.08. The van der Waals surface area contributed by atoms with Gasteiger partial charge in [0.15, 0.2) is 0 Å². The number of aliphatic hydroxyl groups excluding tert-OH is 1. The quantitative estimate of drug-likeness (QED) is 0.794. The monoisotopic (exact) mass is 339 g/mol. The number of esters is 1. The van der Waals surface area contributed by atoms with Gasteiger partial charge in [0, 0.05) is 5.56 Å². The number of ether oxygens (including phenoxy) is 1. The second kappa shape index (κ2) is 6.53. The number of aryl methyl sites for hydroxylation is 2. The number of primary sulfonamides is 1. The van der Waals surface area contributed by atoms with Crippen LogP contribution in [0.5, 0.6) is 0 Å². The van der Waals surface area contributed by atoms with Gasteiger partial charge in [-0.1, -0.05) is 6.07 Å². The molecule has 0 radical (unpaired) electrons. The van der Waals surface area contributed by atoms with Gasteiger partial charge in [0.25, 0.3) is 0 Å². The fourth-order valence-corrected chi connectivity index (χ4v) is 2.58. The molecule has 0 saturated carbocycles. The fraction of sp³-hybridized carbons (Fsp3) is 0.267. The maximum Gasteiger partial charge on any atom is 0.374 e. The Morgan fingerprint density at radius 2 is 1.96 bits per heavy atom. The van der Waals surface area contributed by atoms with Crippen LogP contribution < -0.4 is 5.14 Å². The van der Waals surface area contributed by atoms with E-state index in [2.05, 4.69) is 0 Å². The first-order chi connectivity index (χ1) is 10.7. The van der Waals surface area contributed by atoms with Crippen LogP contribution in [0.25, 0.3) is 0 Å². The van der Waals surface area contributed by atoms with Crippen molar-refractivity contribution in [1.82, 2.24) is 0 Å². The number of aliphatic hydroxyl groups is 1. The molecule has 0 spiro atoms. The van der Waals surface area contributed by atoms with Gasteiger partial charge in [-0.3, -0.25) is 0 Å². The van der Waals surface area contributed by atoms with E-state index in [1.165, 1.54) is 12.1 Å². The Balaban J connectivity index is 2.17. The average Bonchev–Trinajstić information content (AvgIpc) is 2.86. The van der Waals surface area contributed by atoms with Crippen molar-refractivity contribution in [3.8, 4) is 0 Å². The Bertz CT molecular complexity index is 838. The third-order valence-electron chi connectivity index (χ3n) is 3.32. The minimum atomic E-state index is -3.83. The van der Waals surface area contributed by atoms with Crippen molar-refractivity contribution in [1.29, 1.82) is 0 Å². The highest BCUT2D eigenvalue weighted by Crippen LogP contribution is 2.19. The molecule has 7 nitrogen and oxygen atoms in total. The molecule has 1 aromatic carbocycles. The summed E-state index contributed by atoms with van der Waals surface area (Å²) in [5.74, 6) is -0.418. The van der Waals surface area contributed by atoms with Crippen molar-refractivity contribution in [2.24, 2.45) is 5.14 Å². The zero-order chi connectivity index (χ0) is 17.2. The summed E-state index contributed by atoms with van der Waals surface area (Å²) in [6.45, 7) is 2.98. The number of sulfonamides is 1. The largest absolute Gasteiger partial charge is 0.455 e. The summed E-state index contributed by atoms with van der Waals surface area (Å²) in [5.41, 5.74) is 1.84. The highest BCUT2D eigenvalue weighted by atomic mass is 32.2. The van der Waals surface area contributed by atoms with Crippen LogP contribution in [0.4, 0.5) is 0 Å². The van der Waals surface area contributed by atoms with Gasteiger partial charge < -0.3 is 14.3 Å². The first kappa shape index (κ1) is 17.2. The molecular weight excluding hydrogens is 322 g/mol. The average molecular weight is 339 g/mol. The van der Waals surface area contributed by atoms with E-state index in [0.717, 1.165) is 5.56 Å². The van der Waals surface area contributed by atoms with E-state index in [9.17, 15) is 13.2 Å². The van der Waals surface area contributed by atoms with Crippen molar-refractivity contribution in [3.63, 3.8) is 0 Å². The molecule has 0 aliphatic rings. The normalized spacial score (nSPS) is 11.5. The van der Waals surface area contributed by atoms with Crippen LogP contribution in [-0.2, 0) is 28.0 Å². The summed E-state index contributed by atoms with van der Waals surface area (Å²) in [6, 6.07) is 5.89. The Morgan fingerprint density at radius 3 is 2.52 bits per heavy atom. The minimum absolute atomic E-state index is 0.00861. The van der Waals surface area contributed by atoms with E-state index in [1.807, 2.05) is 0 Å². The number of hydrogen-bond donors (Lipinski definition) is 2. The standard InChI is InChI=1S/C15H17NO6S/c1-9-3-4-13(23(16,19)20)6-11(9)8-21-15(18)14-10(2)5-12(7-17)22-14/h3-6,17H,7-8H2,1-2H3,(H2,16,19,20). The van der Waals surface area contributed by atoms with Crippen LogP contribution in [-0.4, -0.2) is 19.5 Å². The van der Waals surface area contributed by atoms with Crippen LogP contribution >= 0.6 is 0 Å². The lowest BCUT2D eigenvalue weighted by Crippen LogP contribution is -2.13. The zero-order valence-corrected chi connectivity index (χ0v) is 13.5. The Kier molecular flexibility index (Phi) is 4.88. The Hall–Kier alpha value is -2.16. The predicted molar refractivity (Wildman–Crippen MR) is 81.0 cm³/mol. The van der Waals surface area contributed by atoms with Gasteiger partial charge in [0.05, 0.1) is 4.90 Å². The highest BCUT2D eigenvalue weighted by molar-refractivity contribution is 7.89. The molecule has 23 heavy (non-hydrogen) atoms. The first-order valence-electron chi connectivity index (χ1n) is 6.72. The van der Waals surface area contributed by atoms with E-state index >= 15 is 0 Å². The lowest BCUT2D eigenvalue weighted by atomic mass is 10.1. The smallest absolute Gasteiger partial charge is 0.374 e. The van der Waals surface area contributed by atoms with Crippen molar-refractivity contribution in [2.75, 3.05) is 0 Å². The summed E-state index contributed by atoms with van der Waals surface area (Å²) in [5, 5.41) is 14.1. The molecular formula is C15H17NO6S. The lowest BCUT2D eigenvalue weighted by molar-refractivity contribution is 0.0430. The maximum atomic E-state index is 12.0. The Morgan fingerprint density at radius 1 is 1.26 bits per heavy atom. The van der Waals surface area contributed by atoms with Crippen molar-refractivity contribution >= 4 is 16.0 Å². The van der Waals surface area contributed by atoms with E-state index in [4.69, 9.17) is 19.4 Å². The summed E-state index contributed by atoms with van der Waals surface area (Å²) in [4.78, 5) is 12.0. The number of furan rings is 1. The molecule has 0 aliphatic carbocycles. The van der Waals surface area contributed by atoms with Crippen LogP contribution in [0.1, 0.15) is 33.0 Å². The summed E-state index contributed by atoms with van der Waals surface area (Å²) in [6.07, 6.45) is 0. The molecule has 0 fully saturated rings. The number of nitrogens with two attached hydrogens (primary N) is 1. The first-order valence-corrected chi connectivity index (χ1v) is 8.26. The van der Waals surface area contributed by atoms with E-state index in [0.29, 0.717) is 11.1 Å². The fourth-order valence-electron chi connectivity index (χ4n) is 2.02. The van der Waals surface area contributed by atoms with Crippen molar-refractivity contribution in [2.45, 2.75) is 32.0 Å². The number of carbonyl (C=O) groups excluding carboxylic acids is 1. The van der Waals surface area contributed by atoms with Crippen molar-refractivity contribution < 1.29 is 27.5 Å². The molecule has 124 valence electrons. The zero-order valence-electron chi connectivity index (χ0n) is 12.7. The van der Waals surface area contributed by atoms with Crippen LogP contribution in [0.2, 0.25) is 0 Å². The van der Waals surface area contributed by atoms with Crippen LogP contribution in [0, 0.1) is 13.8 Å². The summed E-state index contributed by atoms with van der Waals surface area (Å²) in [7, 11) is -3.83. The van der Waals surface area contributed by atoms with E-state index < -0.39 is 16.0 Å². The van der Waals surface area contributed by atoms with Gasteiger partial charge in [0.2, 0.25) is 15.8 Å². The van der Waals surface area contributed by atoms with Gasteiger partial charge in [0.1, 0.15) is 19.0 Å². The van der Waals surface area contributed by atoms with Crippen LogP contribution in [0.3, 0.4) is 0 Å². The Labute approximate surface area is 133 Å². The molecule has 1 heterocycles. The number of hydrogen-bond acceptors (Lipinski definition) is 6. The predicted octanol–water partition coefficient (Wildman–Crippen LogP) is 1.39. The summed E-state index contributed by atoms with van der Waals surface area (Å²) >= 11 is 0. The van der Waals surface area contributed by atoms with Gasteiger partial charge in [-0.05, 0) is 43.2 Å². The molecule has 0 bridgehead atoms. The van der Waals surface area contributed by atoms with Crippen LogP contribution in [0.15, 0.2) is 33.6 Å². The third-order valence-corrected chi connectivity index (χ3v) is 4.23. The number of benzene rings is 1. The molecule has 0 saturated heterocycles. The maximum absolute atomic E-state index is 12.0. The van der Waals surface area contributed by atoms with Gasteiger partial charge in [-0.25, -0.2) is 18.4 Å². The third kappa shape index (κ3) is 3.98. The summed E-state index contributed by atoms with van der Waals surface area (Å²) < 4.78 is 33.1. The molecule has 8 heteroatoms. The SMILES string of the molecule is Cc1ccc(S(N)(=O)=O)cc1COC(=O)c1oc(CO)cc1C. The number of rotatable bonds is 5. The molecule has 3 N–H and O–H groups in total. The molecule has 0 atom stereocenters. The second-order valence-corrected chi connectivity index (χ2v) is 6.65. The van der Waals surface area contributed by atoms with Crippen molar-refractivity contribution in [3.05, 3.63) is 52.5 Å². The molecule has 2 rings (SSSR count). The van der Waals surface area contributed by atoms with E-state index in [-0.39, 0.29) is 29.6 Å². The van der Waals surface area contributed by atoms with Gasteiger partial charge in [-0.2, -0.15) is 0 Å². The topological polar surface area (TPSA) is 120 Å². The molecule has 2 aromatic rings. The second-order valence-electron chi connectivity index (χ2n) is 5.09. The number of carbonyl (C=O) groups is 1. The van der Waals surface area contributed by atoms with Gasteiger partial charge >= 0.3 is 5.97 Å². The molecule has 0 amide bonds. The van der Waals surface area contributed by atoms with Gasteiger partial charge in [-0.15, -0.1) is 0 Å². The highest BCUT2D eigenvalue weighted by Gasteiger charge is 2.18. The molecule has 0 unspecified atom stereocenters. The van der Waals surface area contributed by atoms with E-state index in [1.54, 1.807) is 26.0 Å². The molecule has 1 aromatic heterocycles.